The van der Waals surface area contributed by atoms with Gasteiger partial charge in [0.25, 0.3) is 5.91 Å². The van der Waals surface area contributed by atoms with E-state index >= 15 is 0 Å². The van der Waals surface area contributed by atoms with Crippen LogP contribution < -0.4 is 0 Å². The van der Waals surface area contributed by atoms with Crippen molar-refractivity contribution in [3.63, 3.8) is 0 Å². The number of hydrogen-bond acceptors (Lipinski definition) is 4. The first-order valence-electron chi connectivity index (χ1n) is 13.0. The number of aromatic nitrogens is 1. The lowest BCUT2D eigenvalue weighted by Crippen LogP contribution is -2.28. The molecular weight excluding hydrogens is 498 g/mol. The quantitative estimate of drug-likeness (QED) is 0.217. The molecule has 0 radical (unpaired) electrons. The van der Waals surface area contributed by atoms with Crippen molar-refractivity contribution in [3.05, 3.63) is 123 Å². The molecule has 1 aliphatic heterocycles. The van der Waals surface area contributed by atoms with Crippen molar-refractivity contribution in [3.8, 4) is 0 Å². The van der Waals surface area contributed by atoms with E-state index in [9.17, 15) is 4.79 Å². The van der Waals surface area contributed by atoms with Gasteiger partial charge in [-0.2, -0.15) is 0 Å². The second-order valence-electron chi connectivity index (χ2n) is 9.63. The number of nitrogens with zero attached hydrogens (tertiary/aromatic N) is 3. The summed E-state index contributed by atoms with van der Waals surface area (Å²) in [7, 11) is 0. The maximum Gasteiger partial charge on any atom is 0.273 e. The number of carbonyl (C=O) groups excluding carboxylic acids is 1. The minimum atomic E-state index is 0.0671. The molecular formula is C31H32ClN3OS. The van der Waals surface area contributed by atoms with Gasteiger partial charge in [-0.1, -0.05) is 84.4 Å². The fourth-order valence-corrected chi connectivity index (χ4v) is 5.96. The monoisotopic (exact) mass is 529 g/mol. The lowest BCUT2D eigenvalue weighted by molar-refractivity contribution is 0.0787. The van der Waals surface area contributed by atoms with Crippen LogP contribution in [0.1, 0.15) is 57.4 Å². The minimum absolute atomic E-state index is 0.0671. The average Bonchev–Trinajstić information content (AvgIpc) is 3.64. The van der Waals surface area contributed by atoms with Crippen molar-refractivity contribution in [2.45, 2.75) is 38.3 Å². The highest BCUT2D eigenvalue weighted by molar-refractivity contribution is 7.09. The molecule has 0 unspecified atom stereocenters. The molecule has 4 aromatic rings. The van der Waals surface area contributed by atoms with Crippen LogP contribution in [0.5, 0.6) is 0 Å². The van der Waals surface area contributed by atoms with Crippen LogP contribution in [0.4, 0.5) is 0 Å². The fourth-order valence-electron chi connectivity index (χ4n) is 5.03. The Kier molecular flexibility index (Phi) is 8.67. The van der Waals surface area contributed by atoms with E-state index in [4.69, 9.17) is 16.6 Å². The van der Waals surface area contributed by atoms with Gasteiger partial charge >= 0.3 is 0 Å². The number of benzene rings is 3. The summed E-state index contributed by atoms with van der Waals surface area (Å²) in [5.74, 6) is 0.371. The van der Waals surface area contributed by atoms with Crippen molar-refractivity contribution in [2.75, 3.05) is 19.6 Å². The molecule has 0 saturated carbocycles. The molecule has 1 amide bonds. The topological polar surface area (TPSA) is 36.4 Å². The number of amides is 1. The van der Waals surface area contributed by atoms with Crippen molar-refractivity contribution >= 4 is 28.8 Å². The van der Waals surface area contributed by atoms with Crippen LogP contribution in [0.25, 0.3) is 0 Å². The van der Waals surface area contributed by atoms with Crippen LogP contribution in [0.3, 0.4) is 0 Å². The van der Waals surface area contributed by atoms with Gasteiger partial charge in [-0.15, -0.1) is 11.3 Å². The van der Waals surface area contributed by atoms with Gasteiger partial charge in [-0.05, 0) is 54.6 Å². The Hall–Kier alpha value is -2.99. The van der Waals surface area contributed by atoms with E-state index in [1.165, 1.54) is 16.7 Å². The second-order valence-corrected chi connectivity index (χ2v) is 11.0. The average molecular weight is 530 g/mol. The zero-order valence-corrected chi connectivity index (χ0v) is 22.5. The van der Waals surface area contributed by atoms with Crippen LogP contribution in [0.2, 0.25) is 5.02 Å². The maximum atomic E-state index is 12.8. The second kappa shape index (κ2) is 12.5. The highest BCUT2D eigenvalue weighted by atomic mass is 35.5. The SMILES string of the molecule is O=C(c1csc(CN(CCC(c2ccccc2)c2ccccc2)Cc2ccc(Cl)cc2)n1)N1CCCC1. The third-order valence-corrected chi connectivity index (χ3v) is 8.07. The Morgan fingerprint density at radius 3 is 2.14 bits per heavy atom. The predicted molar refractivity (Wildman–Crippen MR) is 152 cm³/mol. The van der Waals surface area contributed by atoms with Gasteiger partial charge in [-0.3, -0.25) is 9.69 Å². The summed E-state index contributed by atoms with van der Waals surface area (Å²) in [5, 5.41) is 3.65. The first kappa shape index (κ1) is 25.7. The fraction of sp³-hybridized carbons (Fsp3) is 0.290. The zero-order chi connectivity index (χ0) is 25.5. The van der Waals surface area contributed by atoms with E-state index in [0.717, 1.165) is 55.5 Å². The molecule has 1 saturated heterocycles. The molecule has 1 fully saturated rings. The normalized spacial score (nSPS) is 13.5. The van der Waals surface area contributed by atoms with Gasteiger partial charge < -0.3 is 4.90 Å². The molecule has 0 atom stereocenters. The molecule has 1 aromatic heterocycles. The van der Waals surface area contributed by atoms with E-state index in [2.05, 4.69) is 77.7 Å². The molecule has 0 spiro atoms. The lowest BCUT2D eigenvalue weighted by atomic mass is 9.88. The highest BCUT2D eigenvalue weighted by Crippen LogP contribution is 2.29. The number of thiazole rings is 1. The molecule has 6 heteroatoms. The van der Waals surface area contributed by atoms with Gasteiger partial charge in [0.1, 0.15) is 10.7 Å². The first-order chi connectivity index (χ1) is 18.2. The van der Waals surface area contributed by atoms with Crippen LogP contribution in [0, 0.1) is 0 Å². The van der Waals surface area contributed by atoms with Crippen molar-refractivity contribution < 1.29 is 4.79 Å². The van der Waals surface area contributed by atoms with Gasteiger partial charge in [0.2, 0.25) is 0 Å². The summed E-state index contributed by atoms with van der Waals surface area (Å²) >= 11 is 7.73. The Balaban J connectivity index is 1.34. The third-order valence-electron chi connectivity index (χ3n) is 6.98. The smallest absolute Gasteiger partial charge is 0.273 e. The highest BCUT2D eigenvalue weighted by Gasteiger charge is 2.23. The van der Waals surface area contributed by atoms with Crippen molar-refractivity contribution in [1.29, 1.82) is 0 Å². The molecule has 0 bridgehead atoms. The van der Waals surface area contributed by atoms with Gasteiger partial charge in [0.05, 0.1) is 6.54 Å². The number of likely N-dealkylation sites (tertiary alicyclic amines) is 1. The number of carbonyl (C=O) groups is 1. The molecule has 190 valence electrons. The van der Waals surface area contributed by atoms with Crippen LogP contribution >= 0.6 is 22.9 Å². The Morgan fingerprint density at radius 1 is 0.892 bits per heavy atom. The number of halogens is 1. The molecule has 0 N–H and O–H groups in total. The van der Waals surface area contributed by atoms with Gasteiger partial charge in [0, 0.05) is 36.0 Å². The lowest BCUT2D eigenvalue weighted by Gasteiger charge is -2.25. The largest absolute Gasteiger partial charge is 0.337 e. The van der Waals surface area contributed by atoms with E-state index < -0.39 is 0 Å². The first-order valence-corrected chi connectivity index (χ1v) is 14.2. The minimum Gasteiger partial charge on any atom is -0.337 e. The molecule has 5 rings (SSSR count). The Morgan fingerprint density at radius 2 is 1.51 bits per heavy atom. The molecule has 1 aliphatic rings. The van der Waals surface area contributed by atoms with Crippen LogP contribution in [-0.2, 0) is 13.1 Å². The standard InChI is InChI=1S/C31H32ClN3OS/c32-27-15-13-24(14-16-27)21-34(22-30-33-29(23-37-30)31(36)35-18-7-8-19-35)20-17-28(25-9-3-1-4-10-25)26-11-5-2-6-12-26/h1-6,9-16,23,28H,7-8,17-22H2. The summed E-state index contributed by atoms with van der Waals surface area (Å²) in [4.78, 5) is 22.0. The van der Waals surface area contributed by atoms with E-state index in [1.54, 1.807) is 11.3 Å². The van der Waals surface area contributed by atoms with Gasteiger partial charge in [-0.25, -0.2) is 4.98 Å². The molecule has 4 nitrogen and oxygen atoms in total. The maximum absolute atomic E-state index is 12.8. The summed E-state index contributed by atoms with van der Waals surface area (Å²) in [6.45, 7) is 4.08. The van der Waals surface area contributed by atoms with Crippen LogP contribution in [-0.4, -0.2) is 40.3 Å². The number of hydrogen-bond donors (Lipinski definition) is 0. The summed E-state index contributed by atoms with van der Waals surface area (Å²) < 4.78 is 0. The third kappa shape index (κ3) is 6.86. The number of rotatable bonds is 10. The van der Waals surface area contributed by atoms with Crippen molar-refractivity contribution in [2.24, 2.45) is 0 Å². The Labute approximate surface area is 228 Å². The molecule has 0 aliphatic carbocycles. The molecule has 37 heavy (non-hydrogen) atoms. The zero-order valence-electron chi connectivity index (χ0n) is 20.9. The molecule has 3 aromatic carbocycles. The summed E-state index contributed by atoms with van der Waals surface area (Å²) in [5.41, 5.74) is 4.45. The predicted octanol–water partition coefficient (Wildman–Crippen LogP) is 7.26. The Bertz CT molecular complexity index is 1230. The van der Waals surface area contributed by atoms with E-state index in [0.29, 0.717) is 18.2 Å². The van der Waals surface area contributed by atoms with Crippen molar-refractivity contribution in [1.82, 2.24) is 14.8 Å². The van der Waals surface area contributed by atoms with Crippen LogP contribution in [0.15, 0.2) is 90.3 Å². The van der Waals surface area contributed by atoms with E-state index in [-0.39, 0.29) is 5.91 Å². The molecule has 2 heterocycles. The summed E-state index contributed by atoms with van der Waals surface area (Å²) in [6, 6.07) is 29.6. The van der Waals surface area contributed by atoms with E-state index in [1.807, 2.05) is 22.4 Å². The van der Waals surface area contributed by atoms with Gasteiger partial charge in [0.15, 0.2) is 0 Å². The summed E-state index contributed by atoms with van der Waals surface area (Å²) in [6.07, 6.45) is 3.15.